The summed E-state index contributed by atoms with van der Waals surface area (Å²) < 4.78 is 5.30. The molecule has 7 heteroatoms. The number of carbonyl (C=O) groups is 1. The second-order valence-electron chi connectivity index (χ2n) is 5.18. The third kappa shape index (κ3) is 3.31. The number of hydrogen-bond acceptors (Lipinski definition) is 6. The normalized spacial score (nSPS) is 10.6. The van der Waals surface area contributed by atoms with Crippen LogP contribution < -0.4 is 5.32 Å². The zero-order chi connectivity index (χ0) is 17.1. The minimum absolute atomic E-state index is 0.142. The summed E-state index contributed by atoms with van der Waals surface area (Å²) in [6.45, 7) is 0. The van der Waals surface area contributed by atoms with Gasteiger partial charge in [-0.2, -0.15) is 4.98 Å². The number of hydrogen-bond donors (Lipinski definition) is 1. The lowest BCUT2D eigenvalue weighted by Gasteiger charge is -2.04. The quantitative estimate of drug-likeness (QED) is 0.600. The van der Waals surface area contributed by atoms with E-state index < -0.39 is 0 Å². The van der Waals surface area contributed by atoms with Crippen LogP contribution in [0.2, 0.25) is 0 Å². The number of benzene rings is 1. The highest BCUT2D eigenvalue weighted by Crippen LogP contribution is 2.24. The molecular weight excluding hydrogens is 336 g/mol. The molecule has 3 aromatic heterocycles. The van der Waals surface area contributed by atoms with Crippen LogP contribution in [0.1, 0.15) is 9.67 Å². The molecule has 6 nitrogen and oxygen atoms in total. The Bertz CT molecular complexity index is 997. The van der Waals surface area contributed by atoms with E-state index in [2.05, 4.69) is 20.4 Å². The van der Waals surface area contributed by atoms with Crippen LogP contribution in [-0.4, -0.2) is 21.0 Å². The summed E-state index contributed by atoms with van der Waals surface area (Å²) in [5.74, 6) is 0.707. The molecule has 1 amide bonds. The Kier molecular flexibility index (Phi) is 4.05. The van der Waals surface area contributed by atoms with Crippen molar-refractivity contribution in [3.05, 3.63) is 71.2 Å². The molecule has 0 saturated heterocycles. The van der Waals surface area contributed by atoms with E-state index in [1.807, 2.05) is 41.8 Å². The summed E-state index contributed by atoms with van der Waals surface area (Å²) in [6.07, 6.45) is 3.34. The minimum Gasteiger partial charge on any atom is -0.334 e. The van der Waals surface area contributed by atoms with E-state index in [1.165, 1.54) is 11.3 Å². The summed E-state index contributed by atoms with van der Waals surface area (Å²) in [6, 6.07) is 14.6. The molecule has 3 heterocycles. The van der Waals surface area contributed by atoms with Gasteiger partial charge in [0, 0.05) is 23.6 Å². The summed E-state index contributed by atoms with van der Waals surface area (Å²) in [7, 11) is 0. The van der Waals surface area contributed by atoms with Gasteiger partial charge in [-0.1, -0.05) is 23.4 Å². The van der Waals surface area contributed by atoms with E-state index in [-0.39, 0.29) is 5.91 Å². The lowest BCUT2D eigenvalue weighted by molar-refractivity contribution is 0.103. The Labute approximate surface area is 147 Å². The van der Waals surface area contributed by atoms with Crippen molar-refractivity contribution in [3.8, 4) is 22.8 Å². The van der Waals surface area contributed by atoms with Gasteiger partial charge in [-0.05, 0) is 35.7 Å². The van der Waals surface area contributed by atoms with Crippen LogP contribution in [-0.2, 0) is 0 Å². The van der Waals surface area contributed by atoms with Gasteiger partial charge >= 0.3 is 0 Å². The third-order valence-corrected chi connectivity index (χ3v) is 4.33. The number of thiophene rings is 1. The fourth-order valence-corrected chi connectivity index (χ4v) is 2.90. The van der Waals surface area contributed by atoms with Crippen molar-refractivity contribution in [2.45, 2.75) is 0 Å². The van der Waals surface area contributed by atoms with Gasteiger partial charge in [0.05, 0.1) is 10.4 Å². The Morgan fingerprint density at radius 1 is 1.08 bits per heavy atom. The summed E-state index contributed by atoms with van der Waals surface area (Å²) >= 11 is 1.39. The van der Waals surface area contributed by atoms with Crippen LogP contribution in [0.4, 0.5) is 5.69 Å². The number of nitrogens with one attached hydrogen (secondary N) is 1. The predicted octanol–water partition coefficient (Wildman–Crippen LogP) is 4.11. The number of carbonyl (C=O) groups excluding carboxylic acids is 1. The average Bonchev–Trinajstić information content (AvgIpc) is 3.35. The van der Waals surface area contributed by atoms with Gasteiger partial charge in [-0.25, -0.2) is 0 Å². The van der Waals surface area contributed by atoms with E-state index in [1.54, 1.807) is 24.5 Å². The standard InChI is InChI=1S/C18H12N4O2S/c23-17(15-7-3-9-25-15)20-14-6-1-4-12(10-14)16-21-18(24-22-16)13-5-2-8-19-11-13/h1-11H,(H,20,23). The highest BCUT2D eigenvalue weighted by Gasteiger charge is 2.12. The maximum absolute atomic E-state index is 12.2. The van der Waals surface area contributed by atoms with Crippen molar-refractivity contribution in [1.29, 1.82) is 0 Å². The van der Waals surface area contributed by atoms with Crippen LogP contribution in [0.25, 0.3) is 22.8 Å². The molecule has 1 N–H and O–H groups in total. The lowest BCUT2D eigenvalue weighted by Crippen LogP contribution is -2.09. The van der Waals surface area contributed by atoms with Crippen LogP contribution in [0.5, 0.6) is 0 Å². The zero-order valence-corrected chi connectivity index (χ0v) is 13.7. The van der Waals surface area contributed by atoms with Crippen molar-refractivity contribution in [1.82, 2.24) is 15.1 Å². The van der Waals surface area contributed by atoms with E-state index in [9.17, 15) is 4.79 Å². The van der Waals surface area contributed by atoms with Crippen LogP contribution in [0.15, 0.2) is 70.8 Å². The number of aromatic nitrogens is 3. The molecule has 0 unspecified atom stereocenters. The lowest BCUT2D eigenvalue weighted by atomic mass is 10.2. The number of nitrogens with zero attached hydrogens (tertiary/aromatic N) is 3. The summed E-state index contributed by atoms with van der Waals surface area (Å²) in [5, 5.41) is 8.74. The average molecular weight is 348 g/mol. The zero-order valence-electron chi connectivity index (χ0n) is 12.9. The fourth-order valence-electron chi connectivity index (χ4n) is 2.28. The highest BCUT2D eigenvalue weighted by molar-refractivity contribution is 7.12. The summed E-state index contributed by atoms with van der Waals surface area (Å²) in [4.78, 5) is 21.2. The van der Waals surface area contributed by atoms with Crippen molar-refractivity contribution < 1.29 is 9.32 Å². The molecule has 4 aromatic rings. The Morgan fingerprint density at radius 2 is 2.00 bits per heavy atom. The van der Waals surface area contributed by atoms with E-state index in [0.717, 1.165) is 11.1 Å². The first-order valence-corrected chi connectivity index (χ1v) is 8.37. The van der Waals surface area contributed by atoms with Gasteiger partial charge in [0.15, 0.2) is 0 Å². The second kappa shape index (κ2) is 6.66. The molecule has 1 aromatic carbocycles. The van der Waals surface area contributed by atoms with Gasteiger partial charge in [-0.15, -0.1) is 11.3 Å². The van der Waals surface area contributed by atoms with Crippen LogP contribution >= 0.6 is 11.3 Å². The van der Waals surface area contributed by atoms with Gasteiger partial charge in [-0.3, -0.25) is 9.78 Å². The van der Waals surface area contributed by atoms with Crippen molar-refractivity contribution in [2.75, 3.05) is 5.32 Å². The smallest absolute Gasteiger partial charge is 0.265 e. The van der Waals surface area contributed by atoms with E-state index >= 15 is 0 Å². The van der Waals surface area contributed by atoms with Gasteiger partial charge in [0.25, 0.3) is 11.8 Å². The Balaban J connectivity index is 1.58. The van der Waals surface area contributed by atoms with E-state index in [0.29, 0.717) is 22.3 Å². The second-order valence-corrected chi connectivity index (χ2v) is 6.12. The topological polar surface area (TPSA) is 80.9 Å². The SMILES string of the molecule is O=C(Nc1cccc(-c2noc(-c3cccnc3)n2)c1)c1cccs1. The Hall–Kier alpha value is -3.32. The van der Waals surface area contributed by atoms with Gasteiger partial charge in [0.1, 0.15) is 0 Å². The summed E-state index contributed by atoms with van der Waals surface area (Å²) in [5.41, 5.74) is 2.18. The number of rotatable bonds is 4. The highest BCUT2D eigenvalue weighted by atomic mass is 32.1. The van der Waals surface area contributed by atoms with E-state index in [4.69, 9.17) is 4.52 Å². The monoisotopic (exact) mass is 348 g/mol. The van der Waals surface area contributed by atoms with Crippen molar-refractivity contribution in [3.63, 3.8) is 0 Å². The molecule has 0 aliphatic heterocycles. The van der Waals surface area contributed by atoms with Crippen LogP contribution in [0, 0.1) is 0 Å². The molecule has 4 rings (SSSR count). The minimum atomic E-state index is -0.142. The number of anilines is 1. The van der Waals surface area contributed by atoms with Crippen LogP contribution in [0.3, 0.4) is 0 Å². The maximum atomic E-state index is 12.2. The maximum Gasteiger partial charge on any atom is 0.265 e. The van der Waals surface area contributed by atoms with Gasteiger partial charge < -0.3 is 9.84 Å². The molecule has 0 spiro atoms. The first-order chi connectivity index (χ1) is 12.3. The predicted molar refractivity (Wildman–Crippen MR) is 95.2 cm³/mol. The molecule has 122 valence electrons. The largest absolute Gasteiger partial charge is 0.334 e. The Morgan fingerprint density at radius 3 is 2.80 bits per heavy atom. The molecule has 0 aliphatic carbocycles. The van der Waals surface area contributed by atoms with Crippen molar-refractivity contribution in [2.24, 2.45) is 0 Å². The number of amides is 1. The fraction of sp³-hybridized carbons (Fsp3) is 0. The molecule has 0 atom stereocenters. The molecule has 25 heavy (non-hydrogen) atoms. The molecule has 0 saturated carbocycles. The first kappa shape index (κ1) is 15.2. The van der Waals surface area contributed by atoms with Crippen molar-refractivity contribution >= 4 is 22.9 Å². The molecular formula is C18H12N4O2S. The third-order valence-electron chi connectivity index (χ3n) is 3.46. The van der Waals surface area contributed by atoms with Gasteiger partial charge in [0.2, 0.25) is 5.82 Å². The molecule has 0 radical (unpaired) electrons. The molecule has 0 aliphatic rings. The molecule has 0 fully saturated rings. The number of pyridine rings is 1. The first-order valence-electron chi connectivity index (χ1n) is 7.49. The molecule has 0 bridgehead atoms.